The quantitative estimate of drug-likeness (QED) is 0.721. The van der Waals surface area contributed by atoms with Crippen LogP contribution in [0.5, 0.6) is 0 Å². The molecule has 5 nitrogen and oxygen atoms in total. The SMILES string of the molecule is COC(=O)CCC(=O)N(Cc1ccco1)C(C)C(C)C. The van der Waals surface area contributed by atoms with E-state index in [0.29, 0.717) is 12.5 Å². The highest BCUT2D eigenvalue weighted by Crippen LogP contribution is 2.17. The fourth-order valence-electron chi connectivity index (χ4n) is 1.84. The summed E-state index contributed by atoms with van der Waals surface area (Å²) in [6.07, 6.45) is 1.85. The van der Waals surface area contributed by atoms with Gasteiger partial charge in [0.15, 0.2) is 0 Å². The maximum Gasteiger partial charge on any atom is 0.306 e. The molecule has 1 amide bonds. The highest BCUT2D eigenvalue weighted by atomic mass is 16.5. The predicted molar refractivity (Wildman–Crippen MR) is 74.8 cm³/mol. The molecule has 0 spiro atoms. The Balaban J connectivity index is 2.71. The van der Waals surface area contributed by atoms with Crippen molar-refractivity contribution in [3.8, 4) is 0 Å². The van der Waals surface area contributed by atoms with Crippen molar-refractivity contribution in [2.75, 3.05) is 7.11 Å². The van der Waals surface area contributed by atoms with E-state index in [-0.39, 0.29) is 30.8 Å². The molecule has 1 unspecified atom stereocenters. The van der Waals surface area contributed by atoms with Crippen molar-refractivity contribution in [3.05, 3.63) is 24.2 Å². The van der Waals surface area contributed by atoms with Gasteiger partial charge in [-0.1, -0.05) is 13.8 Å². The Hall–Kier alpha value is -1.78. The number of carbonyl (C=O) groups excluding carboxylic acids is 2. The summed E-state index contributed by atoms with van der Waals surface area (Å²) >= 11 is 0. The molecule has 20 heavy (non-hydrogen) atoms. The first-order valence-corrected chi connectivity index (χ1v) is 6.84. The van der Waals surface area contributed by atoms with Crippen molar-refractivity contribution in [2.45, 2.75) is 46.2 Å². The van der Waals surface area contributed by atoms with E-state index in [2.05, 4.69) is 18.6 Å². The standard InChI is InChI=1S/C15H23NO4/c1-11(2)12(3)16(10-13-6-5-9-20-13)14(17)7-8-15(18)19-4/h5-6,9,11-12H,7-8,10H2,1-4H3. The minimum absolute atomic E-state index is 0.0620. The van der Waals surface area contributed by atoms with Crippen LogP contribution in [0.15, 0.2) is 22.8 Å². The molecule has 1 aromatic rings. The summed E-state index contributed by atoms with van der Waals surface area (Å²) in [6, 6.07) is 3.71. The first kappa shape index (κ1) is 16.3. The first-order chi connectivity index (χ1) is 9.45. The lowest BCUT2D eigenvalue weighted by molar-refractivity contribution is -0.144. The molecule has 0 saturated carbocycles. The van der Waals surface area contributed by atoms with Crippen LogP contribution in [-0.2, 0) is 20.9 Å². The molecule has 0 aromatic carbocycles. The van der Waals surface area contributed by atoms with Crippen molar-refractivity contribution in [1.82, 2.24) is 4.90 Å². The van der Waals surface area contributed by atoms with Crippen molar-refractivity contribution in [2.24, 2.45) is 5.92 Å². The molecule has 0 fully saturated rings. The second-order valence-corrected chi connectivity index (χ2v) is 5.16. The first-order valence-electron chi connectivity index (χ1n) is 6.84. The number of rotatable bonds is 7. The van der Waals surface area contributed by atoms with Gasteiger partial charge in [0.1, 0.15) is 5.76 Å². The number of ether oxygens (including phenoxy) is 1. The van der Waals surface area contributed by atoms with Gasteiger partial charge >= 0.3 is 5.97 Å². The predicted octanol–water partition coefficient (Wildman–Crippen LogP) is 2.61. The van der Waals surface area contributed by atoms with E-state index in [4.69, 9.17) is 4.42 Å². The molecule has 1 heterocycles. The smallest absolute Gasteiger partial charge is 0.306 e. The van der Waals surface area contributed by atoms with E-state index < -0.39 is 0 Å². The Morgan fingerprint density at radius 2 is 2.00 bits per heavy atom. The lowest BCUT2D eigenvalue weighted by atomic mass is 10.0. The van der Waals surface area contributed by atoms with Crippen LogP contribution in [0.1, 0.15) is 39.4 Å². The number of carbonyl (C=O) groups is 2. The molecule has 112 valence electrons. The Bertz CT molecular complexity index is 425. The average Bonchev–Trinajstić information content (AvgIpc) is 2.93. The second-order valence-electron chi connectivity index (χ2n) is 5.16. The van der Waals surface area contributed by atoms with Crippen molar-refractivity contribution in [1.29, 1.82) is 0 Å². The van der Waals surface area contributed by atoms with Crippen LogP contribution >= 0.6 is 0 Å². The van der Waals surface area contributed by atoms with Gasteiger partial charge in [0, 0.05) is 12.5 Å². The van der Waals surface area contributed by atoms with Gasteiger partial charge in [-0.3, -0.25) is 9.59 Å². The largest absolute Gasteiger partial charge is 0.469 e. The van der Waals surface area contributed by atoms with E-state index in [1.54, 1.807) is 17.2 Å². The molecule has 0 aliphatic heterocycles. The zero-order valence-corrected chi connectivity index (χ0v) is 12.6. The summed E-state index contributed by atoms with van der Waals surface area (Å²) in [4.78, 5) is 25.2. The molecule has 0 radical (unpaired) electrons. The summed E-state index contributed by atoms with van der Waals surface area (Å²) in [5, 5.41) is 0. The maximum absolute atomic E-state index is 12.3. The normalized spacial score (nSPS) is 12.2. The number of methoxy groups -OCH3 is 1. The number of hydrogen-bond donors (Lipinski definition) is 0. The van der Waals surface area contributed by atoms with Gasteiger partial charge in [-0.15, -0.1) is 0 Å². The van der Waals surface area contributed by atoms with E-state index >= 15 is 0 Å². The van der Waals surface area contributed by atoms with Gasteiger partial charge in [0.25, 0.3) is 0 Å². The molecule has 0 aliphatic carbocycles. The maximum atomic E-state index is 12.3. The van der Waals surface area contributed by atoms with E-state index in [1.165, 1.54) is 7.11 Å². The van der Waals surface area contributed by atoms with Gasteiger partial charge in [0.2, 0.25) is 5.91 Å². The summed E-state index contributed by atoms with van der Waals surface area (Å²) in [6.45, 7) is 6.55. The molecular weight excluding hydrogens is 258 g/mol. The minimum Gasteiger partial charge on any atom is -0.469 e. The second kappa shape index (κ2) is 7.72. The van der Waals surface area contributed by atoms with E-state index in [9.17, 15) is 9.59 Å². The molecular formula is C15H23NO4. The van der Waals surface area contributed by atoms with Crippen LogP contribution in [0.3, 0.4) is 0 Å². The lowest BCUT2D eigenvalue weighted by Gasteiger charge is -2.31. The number of nitrogens with zero attached hydrogens (tertiary/aromatic N) is 1. The zero-order chi connectivity index (χ0) is 15.1. The third-order valence-corrected chi connectivity index (χ3v) is 3.45. The topological polar surface area (TPSA) is 59.8 Å². The summed E-state index contributed by atoms with van der Waals surface area (Å²) < 4.78 is 9.87. The molecule has 5 heteroatoms. The molecule has 0 bridgehead atoms. The molecule has 0 saturated heterocycles. The highest BCUT2D eigenvalue weighted by molar-refractivity contribution is 5.81. The average molecular weight is 281 g/mol. The Labute approximate surface area is 119 Å². The zero-order valence-electron chi connectivity index (χ0n) is 12.6. The fraction of sp³-hybridized carbons (Fsp3) is 0.600. The summed E-state index contributed by atoms with van der Waals surface area (Å²) in [7, 11) is 1.32. The Morgan fingerprint density at radius 3 is 2.50 bits per heavy atom. The third-order valence-electron chi connectivity index (χ3n) is 3.45. The van der Waals surface area contributed by atoms with Gasteiger partial charge in [-0.25, -0.2) is 0 Å². The summed E-state index contributed by atoms with van der Waals surface area (Å²) in [5.74, 6) is 0.637. The van der Waals surface area contributed by atoms with E-state index in [0.717, 1.165) is 5.76 Å². The lowest BCUT2D eigenvalue weighted by Crippen LogP contribution is -2.41. The molecule has 1 atom stereocenters. The molecule has 0 N–H and O–H groups in total. The molecule has 1 rings (SSSR count). The van der Waals surface area contributed by atoms with Gasteiger partial charge in [-0.05, 0) is 25.0 Å². The summed E-state index contributed by atoms with van der Waals surface area (Å²) in [5.41, 5.74) is 0. The minimum atomic E-state index is -0.367. The van der Waals surface area contributed by atoms with Crippen LogP contribution in [0.2, 0.25) is 0 Å². The number of hydrogen-bond acceptors (Lipinski definition) is 4. The van der Waals surface area contributed by atoms with Gasteiger partial charge in [0.05, 0.1) is 26.3 Å². The number of esters is 1. The van der Waals surface area contributed by atoms with Crippen LogP contribution in [-0.4, -0.2) is 29.9 Å². The fourth-order valence-corrected chi connectivity index (χ4v) is 1.84. The van der Waals surface area contributed by atoms with Crippen LogP contribution in [0.4, 0.5) is 0 Å². The molecule has 1 aromatic heterocycles. The Morgan fingerprint density at radius 1 is 1.30 bits per heavy atom. The Kier molecular flexibility index (Phi) is 6.28. The van der Waals surface area contributed by atoms with Crippen LogP contribution < -0.4 is 0 Å². The van der Waals surface area contributed by atoms with Crippen LogP contribution in [0.25, 0.3) is 0 Å². The number of amides is 1. The van der Waals surface area contributed by atoms with E-state index in [1.807, 2.05) is 13.0 Å². The van der Waals surface area contributed by atoms with Gasteiger partial charge < -0.3 is 14.1 Å². The van der Waals surface area contributed by atoms with Crippen molar-refractivity contribution >= 4 is 11.9 Å². The van der Waals surface area contributed by atoms with Crippen molar-refractivity contribution in [3.63, 3.8) is 0 Å². The van der Waals surface area contributed by atoms with Crippen LogP contribution in [0, 0.1) is 5.92 Å². The number of furan rings is 1. The van der Waals surface area contributed by atoms with Crippen molar-refractivity contribution < 1.29 is 18.7 Å². The highest BCUT2D eigenvalue weighted by Gasteiger charge is 2.24. The monoisotopic (exact) mass is 281 g/mol. The molecule has 0 aliphatic rings. The van der Waals surface area contributed by atoms with Gasteiger partial charge in [-0.2, -0.15) is 0 Å². The third kappa shape index (κ3) is 4.72.